The minimum Gasteiger partial charge on any atom is -1.00 e. The molecule has 2 rings (SSSR count). The number of hydrazine groups is 1. The quantitative estimate of drug-likeness (QED) is 0.606. The Kier molecular flexibility index (Phi) is 8.90. The van der Waals surface area contributed by atoms with E-state index < -0.39 is 0 Å². The van der Waals surface area contributed by atoms with Crippen LogP contribution in [0.1, 0.15) is 24.2 Å². The number of halogens is 1. The first kappa shape index (κ1) is 20.0. The van der Waals surface area contributed by atoms with Crippen LogP contribution in [0.15, 0.2) is 60.7 Å². The van der Waals surface area contributed by atoms with Gasteiger partial charge in [-0.25, -0.2) is 5.01 Å². The first-order chi connectivity index (χ1) is 11.2. The van der Waals surface area contributed by atoms with Crippen molar-refractivity contribution < 1.29 is 22.1 Å². The van der Waals surface area contributed by atoms with E-state index in [9.17, 15) is 4.79 Å². The maximum absolute atomic E-state index is 12.8. The third-order valence-electron chi connectivity index (χ3n) is 3.99. The molecule has 0 radical (unpaired) electrons. The minimum absolute atomic E-state index is 0. The van der Waals surface area contributed by atoms with Gasteiger partial charge in [-0.15, -0.1) is 0 Å². The predicted molar refractivity (Wildman–Crippen MR) is 94.5 cm³/mol. The number of nitrogens with one attached hydrogen (secondary N) is 2. The van der Waals surface area contributed by atoms with Crippen LogP contribution < -0.4 is 22.7 Å². The maximum Gasteiger partial charge on any atom is 0.272 e. The van der Waals surface area contributed by atoms with Gasteiger partial charge in [-0.1, -0.05) is 36.4 Å². The van der Waals surface area contributed by atoms with E-state index in [0.717, 1.165) is 25.3 Å². The Morgan fingerprint density at radius 1 is 0.958 bits per heavy atom. The normalized spacial score (nSPS) is 10.1. The highest BCUT2D eigenvalue weighted by atomic mass is 35.5. The van der Waals surface area contributed by atoms with Crippen LogP contribution in [0.3, 0.4) is 0 Å². The molecule has 24 heavy (non-hydrogen) atoms. The molecule has 5 heteroatoms. The Labute approximate surface area is 150 Å². The molecule has 0 aliphatic carbocycles. The number of carbonyl (C=O) groups is 1. The van der Waals surface area contributed by atoms with Gasteiger partial charge in [-0.3, -0.25) is 10.2 Å². The molecule has 0 unspecified atom stereocenters. The predicted octanol–water partition coefficient (Wildman–Crippen LogP) is -0.915. The fraction of sp³-hybridized carbons (Fsp3) is 0.316. The number of benzene rings is 2. The van der Waals surface area contributed by atoms with Crippen LogP contribution in [0, 0.1) is 0 Å². The average Bonchev–Trinajstić information content (AvgIpc) is 2.62. The Morgan fingerprint density at radius 3 is 2.04 bits per heavy atom. The molecule has 0 aromatic heterocycles. The van der Waals surface area contributed by atoms with Gasteiger partial charge in [0.2, 0.25) is 0 Å². The fourth-order valence-corrected chi connectivity index (χ4v) is 2.49. The zero-order valence-electron chi connectivity index (χ0n) is 14.3. The number of hydrogen-bond donors (Lipinski definition) is 2. The first-order valence-corrected chi connectivity index (χ1v) is 8.26. The molecule has 0 bridgehead atoms. The van der Waals surface area contributed by atoms with E-state index in [1.165, 1.54) is 4.90 Å². The van der Waals surface area contributed by atoms with Crippen LogP contribution in [0.5, 0.6) is 0 Å². The highest BCUT2D eigenvalue weighted by Crippen LogP contribution is 2.10. The van der Waals surface area contributed by atoms with E-state index in [-0.39, 0.29) is 18.3 Å². The Morgan fingerprint density at radius 2 is 1.50 bits per heavy atom. The third-order valence-corrected chi connectivity index (χ3v) is 3.99. The number of hydrogen-bond acceptors (Lipinski definition) is 2. The number of carbonyl (C=O) groups excluding carboxylic acids is 1. The number of nitrogens with zero attached hydrogens (tertiary/aromatic N) is 1. The molecule has 2 aromatic carbocycles. The zero-order chi connectivity index (χ0) is 16.5. The van der Waals surface area contributed by atoms with Gasteiger partial charge in [0.1, 0.15) is 0 Å². The van der Waals surface area contributed by atoms with E-state index >= 15 is 0 Å². The summed E-state index contributed by atoms with van der Waals surface area (Å²) in [6, 6.07) is 19.2. The molecule has 1 amide bonds. The van der Waals surface area contributed by atoms with Gasteiger partial charge in [-0.05, 0) is 38.1 Å². The smallest absolute Gasteiger partial charge is 0.272 e. The van der Waals surface area contributed by atoms with E-state index in [1.807, 2.05) is 60.7 Å². The first-order valence-electron chi connectivity index (χ1n) is 8.26. The van der Waals surface area contributed by atoms with Crippen LogP contribution in [-0.4, -0.2) is 37.1 Å². The summed E-state index contributed by atoms with van der Waals surface area (Å²) in [6.45, 7) is 8.06. The molecule has 4 nitrogen and oxygen atoms in total. The van der Waals surface area contributed by atoms with Gasteiger partial charge < -0.3 is 17.3 Å². The summed E-state index contributed by atoms with van der Waals surface area (Å²) in [4.78, 5) is 14.3. The van der Waals surface area contributed by atoms with Crippen LogP contribution in [0.4, 0.5) is 5.69 Å². The van der Waals surface area contributed by atoms with E-state index in [1.54, 1.807) is 5.01 Å². The lowest BCUT2D eigenvalue weighted by Gasteiger charge is -2.26. The molecule has 0 saturated carbocycles. The number of quaternary nitrogens is 1. The second-order valence-electron chi connectivity index (χ2n) is 5.51. The topological polar surface area (TPSA) is 36.8 Å². The zero-order valence-corrected chi connectivity index (χ0v) is 15.1. The molecule has 0 aliphatic rings. The van der Waals surface area contributed by atoms with Crippen LogP contribution in [0.25, 0.3) is 0 Å². The summed E-state index contributed by atoms with van der Waals surface area (Å²) >= 11 is 0. The van der Waals surface area contributed by atoms with Crippen molar-refractivity contribution >= 4 is 11.6 Å². The molecule has 0 saturated heterocycles. The number of rotatable bonds is 8. The van der Waals surface area contributed by atoms with Crippen molar-refractivity contribution in [2.75, 3.05) is 31.6 Å². The Bertz CT molecular complexity index is 588. The maximum atomic E-state index is 12.8. The summed E-state index contributed by atoms with van der Waals surface area (Å²) in [5.41, 5.74) is 4.87. The van der Waals surface area contributed by atoms with Gasteiger partial charge in [0, 0.05) is 5.56 Å². The van der Waals surface area contributed by atoms with Crippen molar-refractivity contribution in [3.63, 3.8) is 0 Å². The van der Waals surface area contributed by atoms with E-state index in [0.29, 0.717) is 12.1 Å². The molecule has 0 atom stereocenters. The lowest BCUT2D eigenvalue weighted by Crippen LogP contribution is -3.12. The highest BCUT2D eigenvalue weighted by molar-refractivity contribution is 5.94. The molecular formula is C19H26ClN3O. The summed E-state index contributed by atoms with van der Waals surface area (Å²) < 4.78 is 0. The third kappa shape index (κ3) is 5.87. The van der Waals surface area contributed by atoms with E-state index in [2.05, 4.69) is 19.3 Å². The van der Waals surface area contributed by atoms with Gasteiger partial charge in [0.15, 0.2) is 0 Å². The Hall–Kier alpha value is -2.04. The summed E-state index contributed by atoms with van der Waals surface area (Å²) in [5.74, 6) is 0.000934. The fourth-order valence-electron chi connectivity index (χ4n) is 2.49. The minimum atomic E-state index is 0. The molecule has 0 fully saturated rings. The van der Waals surface area contributed by atoms with Crippen molar-refractivity contribution in [2.24, 2.45) is 0 Å². The van der Waals surface area contributed by atoms with Crippen molar-refractivity contribution in [1.29, 1.82) is 0 Å². The van der Waals surface area contributed by atoms with Crippen LogP contribution in [-0.2, 0) is 0 Å². The van der Waals surface area contributed by atoms with Crippen molar-refractivity contribution in [3.8, 4) is 0 Å². The summed E-state index contributed by atoms with van der Waals surface area (Å²) in [7, 11) is 0. The largest absolute Gasteiger partial charge is 1.00 e. The number of anilines is 1. The lowest BCUT2D eigenvalue weighted by atomic mass is 10.2. The standard InChI is InChI=1S/C19H25N3O.ClH/c1-3-21(4-2)15-16-22(20-18-13-9-6-10-14-18)19(23)17-11-7-5-8-12-17;/h5-14,20H,3-4,15-16H2,1-2H3;1H. The second-order valence-corrected chi connectivity index (χ2v) is 5.51. The number of amides is 1. The molecule has 2 aromatic rings. The van der Waals surface area contributed by atoms with Gasteiger partial charge in [0.05, 0.1) is 31.9 Å². The van der Waals surface area contributed by atoms with Crippen molar-refractivity contribution in [2.45, 2.75) is 13.8 Å². The Balaban J connectivity index is 0.00000288. The number of para-hydroxylation sites is 1. The number of likely N-dealkylation sites (N-methyl/N-ethyl adjacent to an activating group) is 1. The van der Waals surface area contributed by atoms with Crippen molar-refractivity contribution in [3.05, 3.63) is 66.2 Å². The molecule has 0 aliphatic heterocycles. The SMILES string of the molecule is CC[NH+](CC)CCN(Nc1ccccc1)C(=O)c1ccccc1.[Cl-]. The second kappa shape index (κ2) is 10.7. The monoisotopic (exact) mass is 347 g/mol. The van der Waals surface area contributed by atoms with Crippen LogP contribution in [0.2, 0.25) is 0 Å². The molecule has 130 valence electrons. The van der Waals surface area contributed by atoms with Crippen molar-refractivity contribution in [1.82, 2.24) is 5.01 Å². The van der Waals surface area contributed by atoms with Gasteiger partial charge >= 0.3 is 0 Å². The summed E-state index contributed by atoms with van der Waals surface area (Å²) in [5, 5.41) is 1.72. The summed E-state index contributed by atoms with van der Waals surface area (Å²) in [6.07, 6.45) is 0. The highest BCUT2D eigenvalue weighted by Gasteiger charge is 2.17. The van der Waals surface area contributed by atoms with Crippen LogP contribution >= 0.6 is 0 Å². The average molecular weight is 348 g/mol. The van der Waals surface area contributed by atoms with E-state index in [4.69, 9.17) is 0 Å². The van der Waals surface area contributed by atoms with Gasteiger partial charge in [-0.2, -0.15) is 0 Å². The lowest BCUT2D eigenvalue weighted by molar-refractivity contribution is -0.895. The molecular weight excluding hydrogens is 322 g/mol. The molecule has 2 N–H and O–H groups in total. The molecule has 0 heterocycles. The molecule has 0 spiro atoms. The van der Waals surface area contributed by atoms with Gasteiger partial charge in [0.25, 0.3) is 5.91 Å².